The van der Waals surface area contributed by atoms with Crippen molar-refractivity contribution in [1.82, 2.24) is 4.90 Å². The number of furan rings is 1. The summed E-state index contributed by atoms with van der Waals surface area (Å²) in [7, 11) is 1.51. The van der Waals surface area contributed by atoms with Crippen molar-refractivity contribution in [3.05, 3.63) is 93.6 Å². The van der Waals surface area contributed by atoms with Gasteiger partial charge in [-0.3, -0.25) is 9.59 Å². The fourth-order valence-electron chi connectivity index (χ4n) is 3.57. The molecule has 1 unspecified atom stereocenters. The first-order valence-electron chi connectivity index (χ1n) is 9.31. The van der Waals surface area contributed by atoms with Gasteiger partial charge in [0.2, 0.25) is 0 Å². The number of aliphatic hydroxyl groups excluding tert-OH is 1. The summed E-state index contributed by atoms with van der Waals surface area (Å²) in [5, 5.41) is 11.0. The fourth-order valence-corrected chi connectivity index (χ4v) is 4.11. The van der Waals surface area contributed by atoms with Gasteiger partial charge < -0.3 is 19.2 Å². The van der Waals surface area contributed by atoms with Crippen molar-refractivity contribution >= 4 is 33.4 Å². The van der Waals surface area contributed by atoms with Crippen molar-refractivity contribution in [3.63, 3.8) is 0 Å². The Morgan fingerprint density at radius 1 is 1.19 bits per heavy atom. The summed E-state index contributed by atoms with van der Waals surface area (Å²) in [6.07, 6.45) is 1.47. The van der Waals surface area contributed by atoms with E-state index in [9.17, 15) is 19.1 Å². The molecule has 1 aliphatic heterocycles. The van der Waals surface area contributed by atoms with Gasteiger partial charge in [-0.15, -0.1) is 0 Å². The number of ketones is 1. The number of Topliss-reactive ketones (excluding diaryl/α,β-unsaturated/α-hetero) is 1. The number of carbonyl (C=O) groups excluding carboxylic acids is 2. The number of rotatable bonds is 5. The lowest BCUT2D eigenvalue weighted by Crippen LogP contribution is -2.29. The van der Waals surface area contributed by atoms with E-state index in [0.29, 0.717) is 27.1 Å². The molecule has 1 aromatic heterocycles. The molecule has 0 bridgehead atoms. The summed E-state index contributed by atoms with van der Waals surface area (Å²) in [6, 6.07) is 12.7. The maximum atomic E-state index is 13.5. The van der Waals surface area contributed by atoms with E-state index in [2.05, 4.69) is 15.9 Å². The van der Waals surface area contributed by atoms with Crippen molar-refractivity contribution < 1.29 is 28.2 Å². The molecule has 1 fully saturated rings. The molecular formula is C23H17BrFNO5. The second-order valence-corrected chi connectivity index (χ2v) is 7.76. The maximum Gasteiger partial charge on any atom is 0.296 e. The van der Waals surface area contributed by atoms with E-state index in [1.54, 1.807) is 30.3 Å². The van der Waals surface area contributed by atoms with Gasteiger partial charge in [-0.25, -0.2) is 4.39 Å². The Bertz CT molecular complexity index is 1170. The minimum atomic E-state index is -0.911. The molecule has 0 radical (unpaired) electrons. The highest BCUT2D eigenvalue weighted by Crippen LogP contribution is 2.41. The van der Waals surface area contributed by atoms with Crippen LogP contribution in [0.5, 0.6) is 5.75 Å². The minimum absolute atomic E-state index is 0.0166. The third-order valence-corrected chi connectivity index (χ3v) is 5.68. The molecule has 0 spiro atoms. The van der Waals surface area contributed by atoms with E-state index in [1.807, 2.05) is 0 Å². The van der Waals surface area contributed by atoms with Crippen LogP contribution in [0.1, 0.15) is 22.9 Å². The Morgan fingerprint density at radius 2 is 1.94 bits per heavy atom. The Hall–Kier alpha value is -3.39. The molecule has 1 atom stereocenters. The van der Waals surface area contributed by atoms with Crippen LogP contribution in [-0.4, -0.2) is 28.8 Å². The number of likely N-dealkylation sites (tertiary alicyclic amines) is 1. The lowest BCUT2D eigenvalue weighted by Gasteiger charge is -2.24. The van der Waals surface area contributed by atoms with Gasteiger partial charge >= 0.3 is 0 Å². The number of hydrogen-bond acceptors (Lipinski definition) is 5. The van der Waals surface area contributed by atoms with Crippen LogP contribution in [0.25, 0.3) is 5.76 Å². The number of aliphatic hydroxyl groups is 1. The number of halogens is 2. The van der Waals surface area contributed by atoms with E-state index in [0.717, 1.165) is 0 Å². The molecule has 8 heteroatoms. The molecule has 1 aliphatic rings. The predicted molar refractivity (Wildman–Crippen MR) is 114 cm³/mol. The smallest absolute Gasteiger partial charge is 0.296 e. The number of ether oxygens (including phenoxy) is 1. The van der Waals surface area contributed by atoms with Crippen molar-refractivity contribution in [2.45, 2.75) is 12.6 Å². The first-order chi connectivity index (χ1) is 14.9. The Morgan fingerprint density at radius 3 is 2.55 bits per heavy atom. The highest BCUT2D eigenvalue weighted by molar-refractivity contribution is 9.10. The summed E-state index contributed by atoms with van der Waals surface area (Å²) in [6.45, 7) is 0.0166. The van der Waals surface area contributed by atoms with E-state index >= 15 is 0 Å². The average molecular weight is 486 g/mol. The number of benzene rings is 2. The highest BCUT2D eigenvalue weighted by atomic mass is 79.9. The monoisotopic (exact) mass is 485 g/mol. The average Bonchev–Trinajstić information content (AvgIpc) is 3.36. The molecule has 1 amide bonds. The number of amides is 1. The van der Waals surface area contributed by atoms with Gasteiger partial charge in [0.25, 0.3) is 11.7 Å². The first kappa shape index (κ1) is 20.9. The van der Waals surface area contributed by atoms with Gasteiger partial charge in [0.1, 0.15) is 23.1 Å². The molecule has 0 saturated carbocycles. The van der Waals surface area contributed by atoms with Crippen LogP contribution in [-0.2, 0) is 16.1 Å². The third kappa shape index (κ3) is 3.86. The number of hydrogen-bond donors (Lipinski definition) is 1. The van der Waals surface area contributed by atoms with Crippen LogP contribution in [0.4, 0.5) is 4.39 Å². The van der Waals surface area contributed by atoms with Crippen molar-refractivity contribution in [3.8, 4) is 5.75 Å². The number of methoxy groups -OCH3 is 1. The van der Waals surface area contributed by atoms with Crippen LogP contribution >= 0.6 is 15.9 Å². The molecule has 158 valence electrons. The Kier molecular flexibility index (Phi) is 5.65. The number of nitrogens with zero attached hydrogens (tertiary/aromatic N) is 1. The van der Waals surface area contributed by atoms with Crippen LogP contribution in [0.3, 0.4) is 0 Å². The zero-order chi connectivity index (χ0) is 22.1. The SMILES string of the molecule is COc1ccc(/C(O)=C2/C(=O)C(=O)N(Cc3ccco3)C2c2ccc(F)cc2)cc1Br. The van der Waals surface area contributed by atoms with Gasteiger partial charge in [0.05, 0.1) is 36.0 Å². The third-order valence-electron chi connectivity index (χ3n) is 5.06. The second kappa shape index (κ2) is 8.39. The lowest BCUT2D eigenvalue weighted by molar-refractivity contribution is -0.140. The molecule has 1 N–H and O–H groups in total. The zero-order valence-corrected chi connectivity index (χ0v) is 17.9. The van der Waals surface area contributed by atoms with Gasteiger partial charge in [-0.05, 0) is 64.0 Å². The maximum absolute atomic E-state index is 13.5. The fraction of sp³-hybridized carbons (Fsp3) is 0.130. The van der Waals surface area contributed by atoms with Gasteiger partial charge in [0, 0.05) is 5.56 Å². The number of carbonyl (C=O) groups is 2. The first-order valence-corrected chi connectivity index (χ1v) is 10.1. The summed E-state index contributed by atoms with van der Waals surface area (Å²) in [5.41, 5.74) is 0.734. The Balaban J connectivity index is 1.86. The molecule has 1 saturated heterocycles. The van der Waals surface area contributed by atoms with Gasteiger partial charge in [-0.1, -0.05) is 12.1 Å². The van der Waals surface area contributed by atoms with Gasteiger partial charge in [0.15, 0.2) is 0 Å². The quantitative estimate of drug-likeness (QED) is 0.318. The molecule has 2 aromatic carbocycles. The normalized spacial score (nSPS) is 17.9. The van der Waals surface area contributed by atoms with E-state index < -0.39 is 23.5 Å². The molecular weight excluding hydrogens is 469 g/mol. The van der Waals surface area contributed by atoms with Crippen LogP contribution < -0.4 is 4.74 Å². The van der Waals surface area contributed by atoms with Crippen molar-refractivity contribution in [1.29, 1.82) is 0 Å². The highest BCUT2D eigenvalue weighted by Gasteiger charge is 2.46. The van der Waals surface area contributed by atoms with Crippen molar-refractivity contribution in [2.75, 3.05) is 7.11 Å². The molecule has 2 heterocycles. The Labute approximate surface area is 185 Å². The lowest BCUT2D eigenvalue weighted by atomic mass is 9.95. The summed E-state index contributed by atoms with van der Waals surface area (Å²) in [5.74, 6) is -1.37. The van der Waals surface area contributed by atoms with Crippen LogP contribution in [0.15, 0.2) is 75.3 Å². The molecule has 3 aromatic rings. The summed E-state index contributed by atoms with van der Waals surface area (Å²) < 4.78 is 24.6. The standard InChI is InChI=1S/C23H17BrFNO5/c1-30-18-9-6-14(11-17(18)24)21(27)19-20(13-4-7-15(25)8-5-13)26(23(29)22(19)28)12-16-3-2-10-31-16/h2-11,20,27H,12H2,1H3/b21-19-. The molecule has 4 rings (SSSR count). The van der Waals surface area contributed by atoms with E-state index in [1.165, 1.54) is 42.5 Å². The van der Waals surface area contributed by atoms with Crippen molar-refractivity contribution in [2.24, 2.45) is 0 Å². The summed E-state index contributed by atoms with van der Waals surface area (Å²) >= 11 is 3.36. The second-order valence-electron chi connectivity index (χ2n) is 6.91. The predicted octanol–water partition coefficient (Wildman–Crippen LogP) is 4.81. The minimum Gasteiger partial charge on any atom is -0.507 e. The van der Waals surface area contributed by atoms with Gasteiger partial charge in [-0.2, -0.15) is 0 Å². The zero-order valence-electron chi connectivity index (χ0n) is 16.3. The molecule has 0 aliphatic carbocycles. The van der Waals surface area contributed by atoms with E-state index in [-0.39, 0.29) is 17.9 Å². The van der Waals surface area contributed by atoms with E-state index in [4.69, 9.17) is 9.15 Å². The largest absolute Gasteiger partial charge is 0.507 e. The summed E-state index contributed by atoms with van der Waals surface area (Å²) in [4.78, 5) is 27.2. The van der Waals surface area contributed by atoms with Crippen LogP contribution in [0.2, 0.25) is 0 Å². The molecule has 31 heavy (non-hydrogen) atoms. The molecule has 6 nitrogen and oxygen atoms in total. The van der Waals surface area contributed by atoms with Crippen LogP contribution in [0, 0.1) is 5.82 Å². The topological polar surface area (TPSA) is 80.0 Å².